The van der Waals surface area contributed by atoms with Gasteiger partial charge in [-0.25, -0.2) is 8.42 Å². The number of carbonyl (C=O) groups excluding carboxylic acids is 1. The van der Waals surface area contributed by atoms with Crippen molar-refractivity contribution in [3.05, 3.63) is 30.3 Å². The lowest BCUT2D eigenvalue weighted by molar-refractivity contribution is -0.110. The van der Waals surface area contributed by atoms with Crippen LogP contribution in [0.5, 0.6) is 0 Å². The average Bonchev–Trinajstić information content (AvgIpc) is 2.18. The standard InChI is InChI=1S/C9H12N2O3S/c1-8(10-7-12)11-15(13,14)9-5-3-2-4-6-9/h2-8,11H,1H3,(H,10,12). The Morgan fingerprint density at radius 1 is 1.27 bits per heavy atom. The molecule has 1 atom stereocenters. The fourth-order valence-electron chi connectivity index (χ4n) is 1.04. The number of nitrogens with one attached hydrogen (secondary N) is 2. The van der Waals surface area contributed by atoms with E-state index in [9.17, 15) is 13.2 Å². The third-order valence-electron chi connectivity index (χ3n) is 1.70. The molecule has 2 N–H and O–H groups in total. The summed E-state index contributed by atoms with van der Waals surface area (Å²) >= 11 is 0. The van der Waals surface area contributed by atoms with Gasteiger partial charge in [0, 0.05) is 0 Å². The van der Waals surface area contributed by atoms with Crippen molar-refractivity contribution in [2.75, 3.05) is 0 Å². The van der Waals surface area contributed by atoms with E-state index in [1.807, 2.05) is 0 Å². The molecule has 1 amide bonds. The van der Waals surface area contributed by atoms with Gasteiger partial charge in [0.2, 0.25) is 16.4 Å². The van der Waals surface area contributed by atoms with Crippen LogP contribution in [0.25, 0.3) is 0 Å². The topological polar surface area (TPSA) is 75.3 Å². The highest BCUT2D eigenvalue weighted by Gasteiger charge is 2.15. The number of amides is 1. The van der Waals surface area contributed by atoms with Crippen molar-refractivity contribution in [2.24, 2.45) is 0 Å². The first-order chi connectivity index (χ1) is 7.06. The van der Waals surface area contributed by atoms with Gasteiger partial charge in [-0.15, -0.1) is 0 Å². The van der Waals surface area contributed by atoms with E-state index in [0.717, 1.165) is 0 Å². The number of carbonyl (C=O) groups is 1. The molecule has 6 heteroatoms. The van der Waals surface area contributed by atoms with Gasteiger partial charge in [-0.3, -0.25) is 4.79 Å². The van der Waals surface area contributed by atoms with E-state index < -0.39 is 16.2 Å². The van der Waals surface area contributed by atoms with E-state index in [-0.39, 0.29) is 4.90 Å². The zero-order chi connectivity index (χ0) is 11.3. The Kier molecular flexibility index (Phi) is 3.81. The summed E-state index contributed by atoms with van der Waals surface area (Å²) < 4.78 is 25.6. The lowest BCUT2D eigenvalue weighted by Gasteiger charge is -2.12. The Labute approximate surface area is 88.5 Å². The predicted octanol–water partition coefficient (Wildman–Crippen LogP) is 0.0569. The maximum absolute atomic E-state index is 11.7. The maximum Gasteiger partial charge on any atom is 0.242 e. The third kappa shape index (κ3) is 3.34. The molecular formula is C9H12N2O3S. The zero-order valence-corrected chi connectivity index (χ0v) is 8.99. The van der Waals surface area contributed by atoms with Crippen LogP contribution >= 0.6 is 0 Å². The lowest BCUT2D eigenvalue weighted by atomic mass is 10.4. The van der Waals surface area contributed by atoms with E-state index in [1.54, 1.807) is 18.2 Å². The molecule has 15 heavy (non-hydrogen) atoms. The van der Waals surface area contributed by atoms with Gasteiger partial charge in [0.05, 0.1) is 11.1 Å². The van der Waals surface area contributed by atoms with Gasteiger partial charge in [0.25, 0.3) is 0 Å². The van der Waals surface area contributed by atoms with Crippen LogP contribution in [0.4, 0.5) is 0 Å². The summed E-state index contributed by atoms with van der Waals surface area (Å²) in [6.07, 6.45) is -0.189. The SMILES string of the molecule is CC(NC=O)NS(=O)(=O)c1ccccc1. The minimum absolute atomic E-state index is 0.171. The van der Waals surface area contributed by atoms with Crippen LogP contribution in [-0.4, -0.2) is 21.0 Å². The fourth-order valence-corrected chi connectivity index (χ4v) is 2.22. The Bertz CT molecular complexity index is 416. The molecule has 0 saturated carbocycles. The van der Waals surface area contributed by atoms with E-state index >= 15 is 0 Å². The second-order valence-electron chi connectivity index (χ2n) is 2.94. The van der Waals surface area contributed by atoms with E-state index in [4.69, 9.17) is 0 Å². The summed E-state index contributed by atoms with van der Waals surface area (Å²) in [6, 6.07) is 7.96. The summed E-state index contributed by atoms with van der Waals surface area (Å²) in [4.78, 5) is 10.3. The molecule has 0 aliphatic carbocycles. The largest absolute Gasteiger partial charge is 0.343 e. The van der Waals surface area contributed by atoms with Gasteiger partial charge in [-0.1, -0.05) is 18.2 Å². The summed E-state index contributed by atoms with van der Waals surface area (Å²) in [7, 11) is -3.55. The van der Waals surface area contributed by atoms with Gasteiger partial charge in [-0.2, -0.15) is 4.72 Å². The summed E-state index contributed by atoms with van der Waals surface area (Å²) in [5, 5.41) is 2.30. The molecule has 1 aromatic carbocycles. The first kappa shape index (κ1) is 11.7. The maximum atomic E-state index is 11.7. The lowest BCUT2D eigenvalue weighted by Crippen LogP contribution is -2.42. The van der Waals surface area contributed by atoms with Gasteiger partial charge >= 0.3 is 0 Å². The molecule has 5 nitrogen and oxygen atoms in total. The molecule has 0 aliphatic rings. The van der Waals surface area contributed by atoms with Crippen molar-refractivity contribution in [3.8, 4) is 0 Å². The summed E-state index contributed by atoms with van der Waals surface area (Å²) in [5.41, 5.74) is 0. The van der Waals surface area contributed by atoms with Gasteiger partial charge in [-0.05, 0) is 19.1 Å². The van der Waals surface area contributed by atoms with Crippen molar-refractivity contribution < 1.29 is 13.2 Å². The Morgan fingerprint density at radius 2 is 1.87 bits per heavy atom. The van der Waals surface area contributed by atoms with Crippen molar-refractivity contribution >= 4 is 16.4 Å². The smallest absolute Gasteiger partial charge is 0.242 e. The molecule has 0 aliphatic heterocycles. The second kappa shape index (κ2) is 4.90. The minimum atomic E-state index is -3.55. The molecule has 82 valence electrons. The van der Waals surface area contributed by atoms with E-state index in [2.05, 4.69) is 10.0 Å². The number of sulfonamides is 1. The van der Waals surface area contributed by atoms with Crippen LogP contribution < -0.4 is 10.0 Å². The van der Waals surface area contributed by atoms with Crippen molar-refractivity contribution in [1.29, 1.82) is 0 Å². The number of rotatable bonds is 5. The first-order valence-corrected chi connectivity index (χ1v) is 5.81. The van der Waals surface area contributed by atoms with Crippen LogP contribution in [0.2, 0.25) is 0 Å². The number of benzene rings is 1. The fraction of sp³-hybridized carbons (Fsp3) is 0.222. The molecule has 0 saturated heterocycles. The van der Waals surface area contributed by atoms with E-state index in [0.29, 0.717) is 6.41 Å². The Balaban J connectivity index is 2.81. The molecule has 0 fully saturated rings. The molecule has 1 rings (SSSR count). The quantitative estimate of drug-likeness (QED) is 0.552. The highest BCUT2D eigenvalue weighted by molar-refractivity contribution is 7.89. The molecule has 1 unspecified atom stereocenters. The molecular weight excluding hydrogens is 216 g/mol. The molecule has 0 bridgehead atoms. The highest BCUT2D eigenvalue weighted by Crippen LogP contribution is 2.06. The molecule has 0 heterocycles. The van der Waals surface area contributed by atoms with Crippen LogP contribution in [0.3, 0.4) is 0 Å². The number of hydrogen-bond acceptors (Lipinski definition) is 3. The Morgan fingerprint density at radius 3 is 2.40 bits per heavy atom. The monoisotopic (exact) mass is 228 g/mol. The molecule has 0 spiro atoms. The van der Waals surface area contributed by atoms with Gasteiger partial charge in [0.1, 0.15) is 0 Å². The van der Waals surface area contributed by atoms with Crippen molar-refractivity contribution in [2.45, 2.75) is 18.0 Å². The summed E-state index contributed by atoms with van der Waals surface area (Å²) in [6.45, 7) is 1.54. The minimum Gasteiger partial charge on any atom is -0.343 e. The van der Waals surface area contributed by atoms with Gasteiger partial charge < -0.3 is 5.32 Å². The second-order valence-corrected chi connectivity index (χ2v) is 4.65. The highest BCUT2D eigenvalue weighted by atomic mass is 32.2. The van der Waals surface area contributed by atoms with Crippen LogP contribution in [0.1, 0.15) is 6.92 Å². The molecule has 0 radical (unpaired) electrons. The predicted molar refractivity (Wildman–Crippen MR) is 55.4 cm³/mol. The molecule has 0 aromatic heterocycles. The van der Waals surface area contributed by atoms with Crippen LogP contribution in [0.15, 0.2) is 35.2 Å². The van der Waals surface area contributed by atoms with Crippen molar-refractivity contribution in [3.63, 3.8) is 0 Å². The average molecular weight is 228 g/mol. The van der Waals surface area contributed by atoms with Crippen LogP contribution in [-0.2, 0) is 14.8 Å². The van der Waals surface area contributed by atoms with Crippen molar-refractivity contribution in [1.82, 2.24) is 10.0 Å². The van der Waals surface area contributed by atoms with Crippen LogP contribution in [0, 0.1) is 0 Å². The first-order valence-electron chi connectivity index (χ1n) is 4.33. The summed E-state index contributed by atoms with van der Waals surface area (Å²) in [5.74, 6) is 0. The third-order valence-corrected chi connectivity index (χ3v) is 3.26. The van der Waals surface area contributed by atoms with Gasteiger partial charge in [0.15, 0.2) is 0 Å². The number of hydrogen-bond donors (Lipinski definition) is 2. The zero-order valence-electron chi connectivity index (χ0n) is 8.17. The molecule has 1 aromatic rings. The van der Waals surface area contributed by atoms with E-state index in [1.165, 1.54) is 19.1 Å². The normalized spacial score (nSPS) is 13.1. The Hall–Kier alpha value is -1.40.